The van der Waals surface area contributed by atoms with Gasteiger partial charge in [0.2, 0.25) is 5.91 Å². The largest absolute Gasteiger partial charge is 0.422 e. The number of anilines is 3. The number of hydrogen-bond acceptors (Lipinski definition) is 6. The highest BCUT2D eigenvalue weighted by Crippen LogP contribution is 2.26. The van der Waals surface area contributed by atoms with Crippen molar-refractivity contribution in [2.45, 2.75) is 6.92 Å². The summed E-state index contributed by atoms with van der Waals surface area (Å²) in [5.41, 5.74) is 2.79. The number of carbonyl (C=O) groups excluding carboxylic acids is 1. The van der Waals surface area contributed by atoms with Gasteiger partial charge in [0.1, 0.15) is 5.82 Å². The predicted octanol–water partition coefficient (Wildman–Crippen LogP) is 3.40. The average Bonchev–Trinajstić information content (AvgIpc) is 2.73. The highest BCUT2D eigenvalue weighted by atomic mass is 16.5. The lowest BCUT2D eigenvalue weighted by Crippen LogP contribution is -2.23. The number of nitrogens with one attached hydrogen (secondary N) is 2. The number of fused-ring (bicyclic) bond motifs is 1. The molecule has 29 heavy (non-hydrogen) atoms. The maximum absolute atomic E-state index is 11.9. The zero-order chi connectivity index (χ0) is 20.4. The number of pyridine rings is 1. The van der Waals surface area contributed by atoms with Crippen LogP contribution >= 0.6 is 0 Å². The standard InChI is InChI=1S/C21H17N5O3/c1-13(27)23-16-8-4-14(5-9-16)15-6-10-17(11-7-15)24-19-18-3-2-12-22-20(18)26(29)21(28)25-19/h2-12,29H,1H3,(H,23,27)(H,24,25,28). The normalized spacial score (nSPS) is 10.7. The van der Waals surface area contributed by atoms with Crippen LogP contribution in [0, 0.1) is 0 Å². The summed E-state index contributed by atoms with van der Waals surface area (Å²) >= 11 is 0. The van der Waals surface area contributed by atoms with Gasteiger partial charge in [0.25, 0.3) is 0 Å². The van der Waals surface area contributed by atoms with Crippen LogP contribution < -0.4 is 16.3 Å². The molecule has 0 aliphatic heterocycles. The van der Waals surface area contributed by atoms with Gasteiger partial charge in [-0.3, -0.25) is 4.79 Å². The SMILES string of the molecule is CC(=O)Nc1ccc(-c2ccc(Nc3nc(=O)n(O)c4ncccc34)cc2)cc1. The molecule has 0 radical (unpaired) electrons. The summed E-state index contributed by atoms with van der Waals surface area (Å²) in [5, 5.41) is 16.2. The van der Waals surface area contributed by atoms with Gasteiger partial charge in [0, 0.05) is 24.5 Å². The first kappa shape index (κ1) is 18.2. The van der Waals surface area contributed by atoms with Gasteiger partial charge in [-0.1, -0.05) is 24.3 Å². The molecule has 8 heteroatoms. The fourth-order valence-electron chi connectivity index (χ4n) is 2.97. The van der Waals surface area contributed by atoms with Crippen molar-refractivity contribution < 1.29 is 10.0 Å². The number of amides is 1. The van der Waals surface area contributed by atoms with Gasteiger partial charge in [0.05, 0.1) is 5.39 Å². The zero-order valence-corrected chi connectivity index (χ0v) is 15.5. The van der Waals surface area contributed by atoms with Gasteiger partial charge in [0.15, 0.2) is 5.65 Å². The van der Waals surface area contributed by atoms with Gasteiger partial charge in [-0.2, -0.15) is 4.98 Å². The van der Waals surface area contributed by atoms with E-state index in [2.05, 4.69) is 20.6 Å². The molecule has 0 atom stereocenters. The van der Waals surface area contributed by atoms with Crippen molar-refractivity contribution in [3.8, 4) is 11.1 Å². The molecule has 0 saturated carbocycles. The van der Waals surface area contributed by atoms with Crippen LogP contribution in [-0.4, -0.2) is 25.8 Å². The van der Waals surface area contributed by atoms with E-state index >= 15 is 0 Å². The van der Waals surface area contributed by atoms with Crippen LogP contribution in [0.25, 0.3) is 22.2 Å². The third-order valence-corrected chi connectivity index (χ3v) is 4.32. The number of carbonyl (C=O) groups is 1. The monoisotopic (exact) mass is 387 g/mol. The summed E-state index contributed by atoms with van der Waals surface area (Å²) in [6, 6.07) is 18.6. The maximum atomic E-state index is 11.9. The van der Waals surface area contributed by atoms with Crippen LogP contribution in [0.5, 0.6) is 0 Å². The lowest BCUT2D eigenvalue weighted by molar-refractivity contribution is -0.114. The Morgan fingerprint density at radius 1 is 0.966 bits per heavy atom. The fraction of sp³-hybridized carbons (Fsp3) is 0.0476. The summed E-state index contributed by atoms with van der Waals surface area (Å²) in [7, 11) is 0. The fourth-order valence-corrected chi connectivity index (χ4v) is 2.97. The average molecular weight is 387 g/mol. The summed E-state index contributed by atoms with van der Waals surface area (Å²) in [6.45, 7) is 1.47. The minimum atomic E-state index is -0.811. The minimum Gasteiger partial charge on any atom is -0.422 e. The van der Waals surface area contributed by atoms with E-state index in [4.69, 9.17) is 0 Å². The number of rotatable bonds is 4. The molecule has 2 aromatic heterocycles. The summed E-state index contributed by atoms with van der Waals surface area (Å²) < 4.78 is 0.425. The number of hydrogen-bond donors (Lipinski definition) is 3. The zero-order valence-electron chi connectivity index (χ0n) is 15.5. The molecule has 0 aliphatic carbocycles. The first-order valence-electron chi connectivity index (χ1n) is 8.83. The lowest BCUT2D eigenvalue weighted by atomic mass is 10.0. The molecule has 4 rings (SSSR count). The molecule has 3 N–H and O–H groups in total. The number of aromatic nitrogens is 3. The second-order valence-corrected chi connectivity index (χ2v) is 6.39. The van der Waals surface area contributed by atoms with Crippen molar-refractivity contribution >= 4 is 34.1 Å². The first-order valence-corrected chi connectivity index (χ1v) is 8.83. The molecule has 4 aromatic rings. The Kier molecular flexibility index (Phi) is 4.66. The summed E-state index contributed by atoms with van der Waals surface area (Å²) in [6.07, 6.45) is 1.49. The Hall–Kier alpha value is -4.20. The van der Waals surface area contributed by atoms with Crippen molar-refractivity contribution in [3.05, 3.63) is 77.3 Å². The van der Waals surface area contributed by atoms with E-state index in [9.17, 15) is 14.8 Å². The van der Waals surface area contributed by atoms with Gasteiger partial charge in [-0.15, -0.1) is 4.73 Å². The van der Waals surface area contributed by atoms with E-state index in [-0.39, 0.29) is 11.6 Å². The van der Waals surface area contributed by atoms with Gasteiger partial charge < -0.3 is 15.8 Å². The summed E-state index contributed by atoms with van der Waals surface area (Å²) in [5.74, 6) is 0.203. The van der Waals surface area contributed by atoms with Gasteiger partial charge in [-0.05, 0) is 47.5 Å². The second-order valence-electron chi connectivity index (χ2n) is 6.39. The van der Waals surface area contributed by atoms with E-state index < -0.39 is 5.69 Å². The molecule has 0 saturated heterocycles. The predicted molar refractivity (Wildman–Crippen MR) is 110 cm³/mol. The molecule has 2 aromatic carbocycles. The van der Waals surface area contributed by atoms with E-state index in [1.165, 1.54) is 13.1 Å². The van der Waals surface area contributed by atoms with Crippen LogP contribution in [-0.2, 0) is 4.79 Å². The lowest BCUT2D eigenvalue weighted by Gasteiger charge is -2.10. The van der Waals surface area contributed by atoms with Crippen molar-refractivity contribution in [1.82, 2.24) is 14.7 Å². The molecular formula is C21H17N5O3. The molecular weight excluding hydrogens is 370 g/mol. The molecule has 0 bridgehead atoms. The van der Waals surface area contributed by atoms with E-state index in [0.29, 0.717) is 15.9 Å². The number of benzene rings is 2. The quantitative estimate of drug-likeness (QED) is 0.463. The highest BCUT2D eigenvalue weighted by Gasteiger charge is 2.11. The Morgan fingerprint density at radius 2 is 1.59 bits per heavy atom. The second kappa shape index (κ2) is 7.43. The minimum absolute atomic E-state index is 0.113. The van der Waals surface area contributed by atoms with Crippen LogP contribution in [0.3, 0.4) is 0 Å². The maximum Gasteiger partial charge on any atom is 0.384 e. The third-order valence-electron chi connectivity index (χ3n) is 4.32. The molecule has 1 amide bonds. The van der Waals surface area contributed by atoms with Gasteiger partial charge >= 0.3 is 5.69 Å². The Labute approximate surface area is 165 Å². The van der Waals surface area contributed by atoms with Crippen molar-refractivity contribution in [2.24, 2.45) is 0 Å². The van der Waals surface area contributed by atoms with E-state index in [0.717, 1.165) is 22.5 Å². The van der Waals surface area contributed by atoms with Crippen LogP contribution in [0.15, 0.2) is 71.7 Å². The molecule has 2 heterocycles. The van der Waals surface area contributed by atoms with Crippen molar-refractivity contribution in [2.75, 3.05) is 10.6 Å². The molecule has 0 unspecified atom stereocenters. The van der Waals surface area contributed by atoms with Gasteiger partial charge in [-0.25, -0.2) is 9.78 Å². The Morgan fingerprint density at radius 3 is 2.21 bits per heavy atom. The van der Waals surface area contributed by atoms with Crippen molar-refractivity contribution in [3.63, 3.8) is 0 Å². The Balaban J connectivity index is 1.59. The topological polar surface area (TPSA) is 109 Å². The third kappa shape index (κ3) is 3.77. The first-order chi connectivity index (χ1) is 14.0. The highest BCUT2D eigenvalue weighted by molar-refractivity contribution is 5.89. The molecule has 0 aliphatic rings. The van der Waals surface area contributed by atoms with Crippen LogP contribution in [0.4, 0.5) is 17.2 Å². The Bertz CT molecular complexity index is 1250. The summed E-state index contributed by atoms with van der Waals surface area (Å²) in [4.78, 5) is 30.9. The van der Waals surface area contributed by atoms with E-state index in [1.54, 1.807) is 12.1 Å². The molecule has 0 spiro atoms. The van der Waals surface area contributed by atoms with E-state index in [1.807, 2.05) is 48.5 Å². The molecule has 8 nitrogen and oxygen atoms in total. The molecule has 0 fully saturated rings. The van der Waals surface area contributed by atoms with Crippen LogP contribution in [0.1, 0.15) is 6.92 Å². The van der Waals surface area contributed by atoms with Crippen molar-refractivity contribution in [1.29, 1.82) is 0 Å². The van der Waals surface area contributed by atoms with Crippen LogP contribution in [0.2, 0.25) is 0 Å². The molecule has 144 valence electrons. The smallest absolute Gasteiger partial charge is 0.384 e. The number of nitrogens with zero attached hydrogens (tertiary/aromatic N) is 3.